The third-order valence-electron chi connectivity index (χ3n) is 4.16. The maximum Gasteiger partial charge on any atom is 0.274 e. The molecule has 134 valence electrons. The summed E-state index contributed by atoms with van der Waals surface area (Å²) < 4.78 is 0. The molecule has 1 N–H and O–H groups in total. The lowest BCUT2D eigenvalue weighted by molar-refractivity contribution is -0.119. The molecule has 0 radical (unpaired) electrons. The van der Waals surface area contributed by atoms with Crippen LogP contribution >= 0.6 is 0 Å². The number of rotatable bonds is 5. The monoisotopic (exact) mass is 353 g/mol. The molecule has 26 heavy (non-hydrogen) atoms. The molecule has 0 unspecified atom stereocenters. The van der Waals surface area contributed by atoms with Gasteiger partial charge in [-0.25, -0.2) is 9.97 Å². The lowest BCUT2D eigenvalue weighted by Crippen LogP contribution is -2.48. The number of amides is 2. The number of anilines is 2. The molecule has 0 aliphatic carbocycles. The Bertz CT molecular complexity index is 814. The number of hydrogen-bond donors (Lipinski definition) is 1. The Morgan fingerprint density at radius 3 is 2.50 bits per heavy atom. The van der Waals surface area contributed by atoms with Crippen LogP contribution in [-0.4, -0.2) is 64.0 Å². The van der Waals surface area contributed by atoms with Crippen molar-refractivity contribution in [2.45, 2.75) is 6.92 Å². The number of nitrogens with one attached hydrogen (secondary N) is 1. The van der Waals surface area contributed by atoms with Crippen molar-refractivity contribution in [2.75, 3.05) is 31.5 Å². The van der Waals surface area contributed by atoms with E-state index in [1.54, 1.807) is 28.0 Å². The van der Waals surface area contributed by atoms with Crippen LogP contribution in [0.25, 0.3) is 0 Å². The van der Waals surface area contributed by atoms with Gasteiger partial charge in [-0.3, -0.25) is 14.4 Å². The molecule has 0 bridgehead atoms. The summed E-state index contributed by atoms with van der Waals surface area (Å²) in [5, 5.41) is 3.06. The average Bonchev–Trinajstić information content (AvgIpc) is 2.68. The predicted molar refractivity (Wildman–Crippen MR) is 95.3 cm³/mol. The molecular formula is C18H19N5O3. The van der Waals surface area contributed by atoms with E-state index in [1.165, 1.54) is 19.3 Å². The molecule has 1 aliphatic rings. The van der Waals surface area contributed by atoms with E-state index in [-0.39, 0.29) is 17.4 Å². The lowest BCUT2D eigenvalue weighted by atomic mass is 10.1. The number of carbonyl (C=O) groups excluding carboxylic acids is 3. The van der Waals surface area contributed by atoms with Crippen LogP contribution in [0.4, 0.5) is 11.5 Å². The van der Waals surface area contributed by atoms with Crippen LogP contribution in [-0.2, 0) is 4.79 Å². The van der Waals surface area contributed by atoms with Gasteiger partial charge in [0.05, 0.1) is 12.4 Å². The van der Waals surface area contributed by atoms with E-state index in [4.69, 9.17) is 0 Å². The molecule has 0 spiro atoms. The van der Waals surface area contributed by atoms with Gasteiger partial charge in [-0.2, -0.15) is 0 Å². The van der Waals surface area contributed by atoms with Crippen LogP contribution in [0.5, 0.6) is 0 Å². The Kier molecular flexibility index (Phi) is 5.21. The van der Waals surface area contributed by atoms with Crippen molar-refractivity contribution in [1.29, 1.82) is 0 Å². The first-order valence-corrected chi connectivity index (χ1v) is 8.25. The Morgan fingerprint density at radius 1 is 1.12 bits per heavy atom. The molecule has 2 amide bonds. The Hall–Kier alpha value is -3.29. The molecule has 0 saturated carbocycles. The van der Waals surface area contributed by atoms with Crippen LogP contribution in [0.3, 0.4) is 0 Å². The average molecular weight is 353 g/mol. The number of ketones is 1. The highest BCUT2D eigenvalue weighted by atomic mass is 16.2. The quantitative estimate of drug-likeness (QED) is 0.644. The predicted octanol–water partition coefficient (Wildman–Crippen LogP) is 1.34. The van der Waals surface area contributed by atoms with E-state index in [0.29, 0.717) is 37.6 Å². The smallest absolute Gasteiger partial charge is 0.274 e. The summed E-state index contributed by atoms with van der Waals surface area (Å²) in [5.41, 5.74) is 1.58. The fourth-order valence-corrected chi connectivity index (χ4v) is 2.66. The molecule has 1 saturated heterocycles. The highest BCUT2D eigenvalue weighted by molar-refractivity contribution is 5.95. The minimum atomic E-state index is -0.201. The summed E-state index contributed by atoms with van der Waals surface area (Å²) in [6.07, 6.45) is 3.70. The van der Waals surface area contributed by atoms with Crippen molar-refractivity contribution in [2.24, 2.45) is 0 Å². The molecule has 1 aromatic heterocycles. The Labute approximate surface area is 150 Å². The van der Waals surface area contributed by atoms with Gasteiger partial charge < -0.3 is 15.1 Å². The SMILES string of the molecule is CC(=O)c1cccc(Nc2cnc(C(=O)N3CCN(C=O)CC3)cn2)c1. The second-order valence-electron chi connectivity index (χ2n) is 5.98. The van der Waals surface area contributed by atoms with Gasteiger partial charge in [0.1, 0.15) is 11.5 Å². The largest absolute Gasteiger partial charge is 0.342 e. The molecule has 2 heterocycles. The number of benzene rings is 1. The summed E-state index contributed by atoms with van der Waals surface area (Å²) in [6.45, 7) is 3.52. The number of piperazine rings is 1. The first kappa shape index (κ1) is 17.5. The molecule has 2 aromatic rings. The Balaban J connectivity index is 1.65. The lowest BCUT2D eigenvalue weighted by Gasteiger charge is -2.32. The number of Topliss-reactive ketones (excluding diaryl/α,β-unsaturated/α-hetero) is 1. The maximum atomic E-state index is 12.4. The standard InChI is InChI=1S/C18H19N5O3/c1-13(25)14-3-2-4-15(9-14)21-17-11-19-16(10-20-17)18(26)23-7-5-22(12-24)6-8-23/h2-4,9-12H,5-8H2,1H3,(H,20,21). The number of aromatic nitrogens is 2. The van der Waals surface area contributed by atoms with Crippen molar-refractivity contribution < 1.29 is 14.4 Å². The Morgan fingerprint density at radius 2 is 1.88 bits per heavy atom. The van der Waals surface area contributed by atoms with Crippen molar-refractivity contribution in [3.63, 3.8) is 0 Å². The molecule has 3 rings (SSSR count). The molecule has 1 aromatic carbocycles. The third-order valence-corrected chi connectivity index (χ3v) is 4.16. The summed E-state index contributed by atoms with van der Waals surface area (Å²) in [6, 6.07) is 7.07. The van der Waals surface area contributed by atoms with Gasteiger partial charge in [-0.1, -0.05) is 12.1 Å². The summed E-state index contributed by atoms with van der Waals surface area (Å²) in [7, 11) is 0. The minimum absolute atomic E-state index is 0.0182. The van der Waals surface area contributed by atoms with E-state index in [2.05, 4.69) is 15.3 Å². The number of carbonyl (C=O) groups is 3. The van der Waals surface area contributed by atoms with Crippen LogP contribution in [0.1, 0.15) is 27.8 Å². The number of hydrogen-bond acceptors (Lipinski definition) is 6. The van der Waals surface area contributed by atoms with E-state index < -0.39 is 0 Å². The van der Waals surface area contributed by atoms with E-state index >= 15 is 0 Å². The fourth-order valence-electron chi connectivity index (χ4n) is 2.66. The normalized spacial score (nSPS) is 14.0. The zero-order chi connectivity index (χ0) is 18.5. The number of nitrogens with zero attached hydrogens (tertiary/aromatic N) is 4. The van der Waals surface area contributed by atoms with Gasteiger partial charge in [0.15, 0.2) is 5.78 Å². The van der Waals surface area contributed by atoms with Crippen LogP contribution in [0.2, 0.25) is 0 Å². The van der Waals surface area contributed by atoms with Crippen LogP contribution in [0, 0.1) is 0 Å². The van der Waals surface area contributed by atoms with Crippen molar-refractivity contribution >= 4 is 29.6 Å². The van der Waals surface area contributed by atoms with E-state index in [9.17, 15) is 14.4 Å². The van der Waals surface area contributed by atoms with E-state index in [1.807, 2.05) is 6.07 Å². The second kappa shape index (κ2) is 7.73. The van der Waals surface area contributed by atoms with Gasteiger partial charge >= 0.3 is 0 Å². The van der Waals surface area contributed by atoms with Crippen LogP contribution in [0.15, 0.2) is 36.7 Å². The summed E-state index contributed by atoms with van der Waals surface area (Å²) in [5.74, 6) is 0.261. The second-order valence-corrected chi connectivity index (χ2v) is 5.98. The minimum Gasteiger partial charge on any atom is -0.342 e. The molecule has 8 nitrogen and oxygen atoms in total. The van der Waals surface area contributed by atoms with Gasteiger partial charge in [0.2, 0.25) is 6.41 Å². The van der Waals surface area contributed by atoms with Gasteiger partial charge in [-0.05, 0) is 19.1 Å². The van der Waals surface area contributed by atoms with Crippen molar-refractivity contribution in [3.05, 3.63) is 47.9 Å². The highest BCUT2D eigenvalue weighted by Gasteiger charge is 2.22. The molecule has 1 fully saturated rings. The molecule has 8 heteroatoms. The summed E-state index contributed by atoms with van der Waals surface area (Å²) in [4.78, 5) is 46.3. The van der Waals surface area contributed by atoms with Crippen molar-refractivity contribution in [1.82, 2.24) is 19.8 Å². The fraction of sp³-hybridized carbons (Fsp3) is 0.278. The van der Waals surface area contributed by atoms with Gasteiger partial charge in [0.25, 0.3) is 5.91 Å². The first-order valence-electron chi connectivity index (χ1n) is 8.25. The van der Waals surface area contributed by atoms with Crippen molar-refractivity contribution in [3.8, 4) is 0 Å². The van der Waals surface area contributed by atoms with Crippen LogP contribution < -0.4 is 5.32 Å². The topological polar surface area (TPSA) is 95.5 Å². The van der Waals surface area contributed by atoms with Gasteiger partial charge in [0, 0.05) is 37.4 Å². The molecule has 0 atom stereocenters. The first-order chi connectivity index (χ1) is 12.6. The maximum absolute atomic E-state index is 12.4. The zero-order valence-electron chi connectivity index (χ0n) is 14.4. The summed E-state index contributed by atoms with van der Waals surface area (Å²) >= 11 is 0. The highest BCUT2D eigenvalue weighted by Crippen LogP contribution is 2.16. The molecular weight excluding hydrogens is 334 g/mol. The van der Waals surface area contributed by atoms with E-state index in [0.717, 1.165) is 12.1 Å². The zero-order valence-corrected chi connectivity index (χ0v) is 14.4. The molecule has 1 aliphatic heterocycles. The third kappa shape index (κ3) is 4.02. The van der Waals surface area contributed by atoms with Gasteiger partial charge in [-0.15, -0.1) is 0 Å².